The van der Waals surface area contributed by atoms with Gasteiger partial charge in [-0.1, -0.05) is 33.1 Å². The highest BCUT2D eigenvalue weighted by molar-refractivity contribution is 7.86. The lowest BCUT2D eigenvalue weighted by Gasteiger charge is -2.26. The van der Waals surface area contributed by atoms with Crippen LogP contribution < -0.4 is 0 Å². The minimum atomic E-state index is -3.60. The zero-order valence-electron chi connectivity index (χ0n) is 18.7. The van der Waals surface area contributed by atoms with E-state index in [1.807, 2.05) is 6.92 Å². The molecule has 2 aliphatic rings. The maximum Gasteiger partial charge on any atom is 0.309 e. The van der Waals surface area contributed by atoms with Crippen LogP contribution in [0.25, 0.3) is 0 Å². The Hall–Kier alpha value is -1.15. The van der Waals surface area contributed by atoms with Gasteiger partial charge in [-0.05, 0) is 58.3 Å². The van der Waals surface area contributed by atoms with Crippen LogP contribution in [0.3, 0.4) is 0 Å². The molecule has 2 aliphatic carbocycles. The van der Waals surface area contributed by atoms with Crippen molar-refractivity contribution in [1.82, 2.24) is 0 Å². The van der Waals surface area contributed by atoms with Crippen molar-refractivity contribution in [3.05, 3.63) is 0 Å². The zero-order chi connectivity index (χ0) is 22.2. The molecule has 2 atom stereocenters. The van der Waals surface area contributed by atoms with Crippen molar-refractivity contribution in [3.8, 4) is 0 Å². The molecule has 0 N–H and O–H groups in total. The number of ether oxygens (including phenoxy) is 2. The summed E-state index contributed by atoms with van der Waals surface area (Å²) in [5, 5.41) is 0. The SMILES string of the molecule is CC(CC(C)C(=O)OC1(C)CCCC1)C(=O)OCCCS(=O)(=O)OC1CCCCC1. The summed E-state index contributed by atoms with van der Waals surface area (Å²) in [6.45, 7) is 5.47. The second-order valence-electron chi connectivity index (χ2n) is 9.26. The lowest BCUT2D eigenvalue weighted by molar-refractivity contribution is -0.163. The van der Waals surface area contributed by atoms with Crippen LogP contribution in [0.1, 0.15) is 91.4 Å². The lowest BCUT2D eigenvalue weighted by atomic mass is 9.97. The first-order valence-electron chi connectivity index (χ1n) is 11.4. The summed E-state index contributed by atoms with van der Waals surface area (Å²) in [5.41, 5.74) is -0.375. The summed E-state index contributed by atoms with van der Waals surface area (Å²) >= 11 is 0. The Balaban J connectivity index is 1.64. The molecule has 0 radical (unpaired) electrons. The molecular weight excluding hydrogens is 408 g/mol. The van der Waals surface area contributed by atoms with Gasteiger partial charge in [0.15, 0.2) is 0 Å². The molecule has 0 spiro atoms. The number of carbonyl (C=O) groups excluding carboxylic acids is 2. The summed E-state index contributed by atoms with van der Waals surface area (Å²) in [6, 6.07) is 0. The van der Waals surface area contributed by atoms with Gasteiger partial charge in [-0.3, -0.25) is 13.8 Å². The van der Waals surface area contributed by atoms with Crippen LogP contribution in [0.2, 0.25) is 0 Å². The first kappa shape index (κ1) is 25.1. The maximum atomic E-state index is 12.3. The summed E-state index contributed by atoms with van der Waals surface area (Å²) in [5.74, 6) is -1.71. The molecule has 0 heterocycles. The Morgan fingerprint density at radius 2 is 1.57 bits per heavy atom. The van der Waals surface area contributed by atoms with E-state index >= 15 is 0 Å². The molecule has 7 nitrogen and oxygen atoms in total. The molecule has 2 saturated carbocycles. The van der Waals surface area contributed by atoms with Gasteiger partial charge in [-0.2, -0.15) is 8.42 Å². The quantitative estimate of drug-likeness (QED) is 0.267. The Morgan fingerprint density at radius 3 is 2.20 bits per heavy atom. The Kier molecular flexibility index (Phi) is 9.60. The number of esters is 2. The van der Waals surface area contributed by atoms with Gasteiger partial charge in [0.25, 0.3) is 10.1 Å². The Bertz CT molecular complexity index is 661. The monoisotopic (exact) mass is 446 g/mol. The van der Waals surface area contributed by atoms with Crippen LogP contribution >= 0.6 is 0 Å². The average molecular weight is 447 g/mol. The molecule has 0 aromatic rings. The standard InChI is InChI=1S/C22H38O7S/c1-17(16-18(2)21(24)28-22(3)12-7-8-13-22)20(23)27-14-9-15-30(25,26)29-19-10-5-4-6-11-19/h17-19H,4-16H2,1-3H3. The van der Waals surface area contributed by atoms with Crippen LogP contribution in [-0.2, 0) is 33.4 Å². The molecule has 0 saturated heterocycles. The van der Waals surface area contributed by atoms with Crippen LogP contribution in [0.15, 0.2) is 0 Å². The van der Waals surface area contributed by atoms with Crippen molar-refractivity contribution in [2.24, 2.45) is 11.8 Å². The summed E-state index contributed by atoms with van der Waals surface area (Å²) in [6.07, 6.45) is 8.94. The minimum Gasteiger partial charge on any atom is -0.465 e. The molecule has 2 unspecified atom stereocenters. The van der Waals surface area contributed by atoms with Crippen LogP contribution in [0.5, 0.6) is 0 Å². The van der Waals surface area contributed by atoms with Gasteiger partial charge in [0.1, 0.15) is 5.60 Å². The van der Waals surface area contributed by atoms with Crippen LogP contribution in [0.4, 0.5) is 0 Å². The number of rotatable bonds is 11. The van der Waals surface area contributed by atoms with Crippen LogP contribution in [-0.4, -0.2) is 44.4 Å². The van der Waals surface area contributed by atoms with Crippen LogP contribution in [0, 0.1) is 11.8 Å². The molecule has 8 heteroatoms. The summed E-state index contributed by atoms with van der Waals surface area (Å²) in [7, 11) is -3.60. The van der Waals surface area contributed by atoms with E-state index in [4.69, 9.17) is 13.7 Å². The van der Waals surface area contributed by atoms with Crippen molar-refractivity contribution in [2.75, 3.05) is 12.4 Å². The van der Waals surface area contributed by atoms with Gasteiger partial charge in [0.05, 0.1) is 30.3 Å². The highest BCUT2D eigenvalue weighted by Crippen LogP contribution is 2.33. The number of hydrogen-bond acceptors (Lipinski definition) is 7. The fourth-order valence-corrected chi connectivity index (χ4v) is 5.43. The van der Waals surface area contributed by atoms with Gasteiger partial charge < -0.3 is 9.47 Å². The van der Waals surface area contributed by atoms with E-state index in [0.717, 1.165) is 57.8 Å². The number of carbonyl (C=O) groups is 2. The maximum absolute atomic E-state index is 12.3. The third-order valence-electron chi connectivity index (χ3n) is 6.14. The largest absolute Gasteiger partial charge is 0.465 e. The van der Waals surface area contributed by atoms with E-state index < -0.39 is 27.9 Å². The van der Waals surface area contributed by atoms with Gasteiger partial charge in [-0.15, -0.1) is 0 Å². The normalized spacial score (nSPS) is 21.7. The van der Waals surface area contributed by atoms with E-state index in [1.165, 1.54) is 0 Å². The average Bonchev–Trinajstić information content (AvgIpc) is 3.11. The highest BCUT2D eigenvalue weighted by atomic mass is 32.2. The Labute approximate surface area is 181 Å². The lowest BCUT2D eigenvalue weighted by Crippen LogP contribution is -2.32. The molecular formula is C22H38O7S. The predicted octanol–water partition coefficient (Wildman–Crippen LogP) is 4.14. The van der Waals surface area contributed by atoms with E-state index in [9.17, 15) is 18.0 Å². The molecule has 0 amide bonds. The van der Waals surface area contributed by atoms with Crippen molar-refractivity contribution in [2.45, 2.75) is 103 Å². The fraction of sp³-hybridized carbons (Fsp3) is 0.909. The minimum absolute atomic E-state index is 0.0212. The molecule has 174 valence electrons. The first-order valence-corrected chi connectivity index (χ1v) is 13.0. The van der Waals surface area contributed by atoms with Crippen molar-refractivity contribution < 1.29 is 31.7 Å². The molecule has 0 aromatic carbocycles. The fourth-order valence-electron chi connectivity index (χ4n) is 4.26. The zero-order valence-corrected chi connectivity index (χ0v) is 19.5. The summed E-state index contributed by atoms with van der Waals surface area (Å²) < 4.78 is 40.2. The number of hydrogen-bond donors (Lipinski definition) is 0. The molecule has 2 rings (SSSR count). The van der Waals surface area contributed by atoms with Crippen molar-refractivity contribution >= 4 is 22.1 Å². The third-order valence-corrected chi connectivity index (χ3v) is 7.49. The van der Waals surface area contributed by atoms with Crippen molar-refractivity contribution in [3.63, 3.8) is 0 Å². The molecule has 0 bridgehead atoms. The predicted molar refractivity (Wildman–Crippen MR) is 113 cm³/mol. The van der Waals surface area contributed by atoms with E-state index in [-0.39, 0.29) is 36.5 Å². The first-order chi connectivity index (χ1) is 14.1. The van der Waals surface area contributed by atoms with E-state index in [2.05, 4.69) is 0 Å². The van der Waals surface area contributed by atoms with Gasteiger partial charge >= 0.3 is 11.9 Å². The van der Waals surface area contributed by atoms with Gasteiger partial charge in [0, 0.05) is 0 Å². The second kappa shape index (κ2) is 11.5. The summed E-state index contributed by atoms with van der Waals surface area (Å²) in [4.78, 5) is 24.5. The van der Waals surface area contributed by atoms with Gasteiger partial charge in [-0.25, -0.2) is 0 Å². The van der Waals surface area contributed by atoms with Gasteiger partial charge in [0.2, 0.25) is 0 Å². The molecule has 2 fully saturated rings. The molecule has 30 heavy (non-hydrogen) atoms. The second-order valence-corrected chi connectivity index (χ2v) is 11.0. The van der Waals surface area contributed by atoms with E-state index in [1.54, 1.807) is 13.8 Å². The smallest absolute Gasteiger partial charge is 0.309 e. The van der Waals surface area contributed by atoms with E-state index in [0.29, 0.717) is 6.42 Å². The van der Waals surface area contributed by atoms with Crippen molar-refractivity contribution in [1.29, 1.82) is 0 Å². The molecule has 0 aromatic heterocycles. The highest BCUT2D eigenvalue weighted by Gasteiger charge is 2.34. The topological polar surface area (TPSA) is 96.0 Å². The third kappa shape index (κ3) is 8.53. The molecule has 0 aliphatic heterocycles. The Morgan fingerprint density at radius 1 is 0.967 bits per heavy atom.